The Morgan fingerprint density at radius 1 is 1.08 bits per heavy atom. The Balaban J connectivity index is 1.73. The van der Waals surface area contributed by atoms with Crippen molar-refractivity contribution in [3.8, 4) is 17.4 Å². The molecule has 3 unspecified atom stereocenters. The first kappa shape index (κ1) is 25.5. The number of rotatable bonds is 9. The first-order valence-electron chi connectivity index (χ1n) is 11.0. The number of methoxy groups -OCH3 is 1. The molecule has 12 nitrogen and oxygen atoms in total. The third-order valence-corrected chi connectivity index (χ3v) is 7.77. The zero-order valence-electron chi connectivity index (χ0n) is 20.2. The van der Waals surface area contributed by atoms with Gasteiger partial charge in [0.1, 0.15) is 23.3 Å². The Labute approximate surface area is 213 Å². The van der Waals surface area contributed by atoms with Crippen LogP contribution in [0.15, 0.2) is 41.2 Å². The summed E-state index contributed by atoms with van der Waals surface area (Å²) in [5.41, 5.74) is 0.429. The summed E-state index contributed by atoms with van der Waals surface area (Å²) in [5, 5.41) is 7.81. The maximum absolute atomic E-state index is 13.4. The normalized spacial score (nSPS) is 14.3. The molecule has 0 saturated heterocycles. The summed E-state index contributed by atoms with van der Waals surface area (Å²) in [5.74, 6) is 1.43. The lowest BCUT2D eigenvalue weighted by Gasteiger charge is -2.21. The number of hydrogen-bond acceptors (Lipinski definition) is 10. The number of nitrogens with zero attached hydrogens (tertiary/aromatic N) is 7. The van der Waals surface area contributed by atoms with Crippen LogP contribution < -0.4 is 9.46 Å². The summed E-state index contributed by atoms with van der Waals surface area (Å²) in [6.07, 6.45) is 4.44. The van der Waals surface area contributed by atoms with Crippen LogP contribution in [0.25, 0.3) is 11.5 Å². The molecule has 4 rings (SSSR count). The second kappa shape index (κ2) is 10.2. The van der Waals surface area contributed by atoms with E-state index in [2.05, 4.69) is 34.9 Å². The first-order valence-corrected chi connectivity index (χ1v) is 12.9. The average Bonchev–Trinajstić information content (AvgIpc) is 3.49. The second-order valence-electron chi connectivity index (χ2n) is 8.17. The van der Waals surface area contributed by atoms with E-state index in [1.807, 2.05) is 0 Å². The molecule has 14 heteroatoms. The number of anilines is 1. The van der Waals surface area contributed by atoms with Crippen molar-refractivity contribution in [1.29, 1.82) is 0 Å². The molecular formula is C22H25ClN8O4S. The number of aromatic nitrogens is 7. The van der Waals surface area contributed by atoms with Gasteiger partial charge in [-0.3, -0.25) is 9.29 Å². The van der Waals surface area contributed by atoms with Gasteiger partial charge >= 0.3 is 0 Å². The molecule has 0 bridgehead atoms. The van der Waals surface area contributed by atoms with Crippen molar-refractivity contribution >= 4 is 27.6 Å². The third-order valence-electron chi connectivity index (χ3n) is 5.72. The lowest BCUT2D eigenvalue weighted by Crippen LogP contribution is -2.32. The van der Waals surface area contributed by atoms with Gasteiger partial charge in [-0.05, 0) is 26.8 Å². The summed E-state index contributed by atoms with van der Waals surface area (Å²) in [7, 11) is -2.47. The van der Waals surface area contributed by atoms with Crippen molar-refractivity contribution in [3.63, 3.8) is 0 Å². The van der Waals surface area contributed by atoms with Crippen molar-refractivity contribution < 1.29 is 17.6 Å². The second-order valence-corrected chi connectivity index (χ2v) is 10.6. The van der Waals surface area contributed by atoms with Gasteiger partial charge < -0.3 is 9.15 Å². The standard InChI is InChI=1S/C22H25ClN8O4S/c1-12-9-26-21(35-12)14(3)31-20(17-7-6-8-18(27-17)34-5)28-29-22(31)30-36(32,33)15(4)13(2)19-24-10-16(23)11-25-19/h6-11,13-15H,1-5H3,(H,29,30). The Morgan fingerprint density at radius 3 is 2.44 bits per heavy atom. The Bertz CT molecular complexity index is 1450. The van der Waals surface area contributed by atoms with Gasteiger partial charge in [-0.2, -0.15) is 0 Å². The van der Waals surface area contributed by atoms with Crippen LogP contribution in [-0.2, 0) is 10.0 Å². The van der Waals surface area contributed by atoms with Crippen molar-refractivity contribution in [1.82, 2.24) is 34.7 Å². The van der Waals surface area contributed by atoms with Gasteiger partial charge in [-0.15, -0.1) is 10.2 Å². The van der Waals surface area contributed by atoms with E-state index in [1.54, 1.807) is 56.7 Å². The molecule has 0 aliphatic heterocycles. The smallest absolute Gasteiger partial charge is 0.239 e. The molecule has 4 aromatic heterocycles. The van der Waals surface area contributed by atoms with Crippen molar-refractivity contribution in [3.05, 3.63) is 59.3 Å². The predicted molar refractivity (Wildman–Crippen MR) is 132 cm³/mol. The molecule has 0 aromatic carbocycles. The number of aryl methyl sites for hydroxylation is 1. The van der Waals surface area contributed by atoms with E-state index in [0.29, 0.717) is 39.9 Å². The van der Waals surface area contributed by atoms with Gasteiger partial charge in [-0.1, -0.05) is 24.6 Å². The van der Waals surface area contributed by atoms with Crippen LogP contribution in [0.2, 0.25) is 5.02 Å². The number of hydrogen-bond donors (Lipinski definition) is 1. The summed E-state index contributed by atoms with van der Waals surface area (Å²) in [6.45, 7) is 6.86. The molecule has 0 fully saturated rings. The van der Waals surface area contributed by atoms with Crippen LogP contribution in [-0.4, -0.2) is 55.5 Å². The van der Waals surface area contributed by atoms with Gasteiger partial charge in [0, 0.05) is 24.4 Å². The number of pyridine rings is 1. The van der Waals surface area contributed by atoms with E-state index < -0.39 is 27.2 Å². The van der Waals surface area contributed by atoms with E-state index in [-0.39, 0.29) is 5.95 Å². The predicted octanol–water partition coefficient (Wildman–Crippen LogP) is 3.63. The highest BCUT2D eigenvalue weighted by Crippen LogP contribution is 2.30. The molecular weight excluding hydrogens is 508 g/mol. The largest absolute Gasteiger partial charge is 0.481 e. The molecule has 0 saturated carbocycles. The van der Waals surface area contributed by atoms with E-state index >= 15 is 0 Å². The van der Waals surface area contributed by atoms with Gasteiger partial charge in [0.25, 0.3) is 0 Å². The van der Waals surface area contributed by atoms with Crippen LogP contribution in [0.1, 0.15) is 50.2 Å². The Morgan fingerprint density at radius 2 is 1.81 bits per heavy atom. The highest BCUT2D eigenvalue weighted by molar-refractivity contribution is 7.93. The van der Waals surface area contributed by atoms with E-state index in [9.17, 15) is 8.42 Å². The molecule has 36 heavy (non-hydrogen) atoms. The number of halogens is 1. The summed E-state index contributed by atoms with van der Waals surface area (Å²) in [6, 6.07) is 4.59. The van der Waals surface area contributed by atoms with Crippen LogP contribution in [0, 0.1) is 6.92 Å². The highest BCUT2D eigenvalue weighted by Gasteiger charge is 2.33. The Kier molecular flexibility index (Phi) is 7.22. The van der Waals surface area contributed by atoms with Crippen molar-refractivity contribution in [2.75, 3.05) is 11.8 Å². The van der Waals surface area contributed by atoms with E-state index in [0.717, 1.165) is 0 Å². The van der Waals surface area contributed by atoms with Gasteiger partial charge in [0.15, 0.2) is 5.82 Å². The zero-order valence-corrected chi connectivity index (χ0v) is 21.8. The van der Waals surface area contributed by atoms with Gasteiger partial charge in [-0.25, -0.2) is 28.4 Å². The fraction of sp³-hybridized carbons (Fsp3) is 0.364. The molecule has 0 aliphatic rings. The fourth-order valence-electron chi connectivity index (χ4n) is 3.49. The van der Waals surface area contributed by atoms with Crippen molar-refractivity contribution in [2.24, 2.45) is 0 Å². The molecule has 4 aromatic rings. The maximum Gasteiger partial charge on any atom is 0.239 e. The minimum absolute atomic E-state index is 0.0194. The van der Waals surface area contributed by atoms with Crippen LogP contribution in [0.4, 0.5) is 5.95 Å². The fourth-order valence-corrected chi connectivity index (χ4v) is 4.82. The first-order chi connectivity index (χ1) is 17.1. The lowest BCUT2D eigenvalue weighted by atomic mass is 10.1. The lowest BCUT2D eigenvalue weighted by molar-refractivity contribution is 0.398. The number of nitrogens with one attached hydrogen (secondary N) is 1. The quantitative estimate of drug-likeness (QED) is 0.338. The van der Waals surface area contributed by atoms with Crippen LogP contribution in [0.3, 0.4) is 0 Å². The van der Waals surface area contributed by atoms with Crippen molar-refractivity contribution in [2.45, 2.75) is 44.9 Å². The van der Waals surface area contributed by atoms with Gasteiger partial charge in [0.05, 0.1) is 23.6 Å². The molecule has 4 heterocycles. The highest BCUT2D eigenvalue weighted by atomic mass is 35.5. The van der Waals surface area contributed by atoms with Gasteiger partial charge in [0.2, 0.25) is 27.7 Å². The SMILES string of the molecule is COc1cccc(-c2nnc(NS(=O)(=O)C(C)C(C)c3ncc(Cl)cn3)n2C(C)c2ncc(C)o2)n1. The van der Waals surface area contributed by atoms with E-state index in [1.165, 1.54) is 19.5 Å². The molecule has 190 valence electrons. The molecule has 0 aliphatic carbocycles. The minimum atomic E-state index is -3.97. The summed E-state index contributed by atoms with van der Waals surface area (Å²) >= 11 is 5.86. The topological polar surface area (TPSA) is 151 Å². The molecule has 0 radical (unpaired) electrons. The number of sulfonamides is 1. The number of ether oxygens (including phenoxy) is 1. The van der Waals surface area contributed by atoms with E-state index in [4.69, 9.17) is 20.8 Å². The van der Waals surface area contributed by atoms with Crippen LogP contribution in [0.5, 0.6) is 5.88 Å². The maximum atomic E-state index is 13.4. The summed E-state index contributed by atoms with van der Waals surface area (Å²) < 4.78 is 41.9. The minimum Gasteiger partial charge on any atom is -0.481 e. The van der Waals surface area contributed by atoms with Crippen LogP contribution >= 0.6 is 11.6 Å². The third kappa shape index (κ3) is 5.16. The molecule has 0 spiro atoms. The number of oxazole rings is 1. The zero-order chi connectivity index (χ0) is 26.0. The average molecular weight is 533 g/mol. The molecule has 0 amide bonds. The molecule has 3 atom stereocenters. The monoisotopic (exact) mass is 532 g/mol. The summed E-state index contributed by atoms with van der Waals surface area (Å²) in [4.78, 5) is 17.0. The molecule has 1 N–H and O–H groups in total. The Hall–Kier alpha value is -3.58.